The molecule has 0 spiro atoms. The fraction of sp³-hybridized carbons (Fsp3) is 0.200. The Balaban J connectivity index is 1.40. The SMILES string of the molecule is Cc1ccc([C@H]2Cn3nc(-c4nc(-c5ccncc5)no4)cc3CO2)cc1. The van der Waals surface area contributed by atoms with Crippen molar-refractivity contribution >= 4 is 0 Å². The Morgan fingerprint density at radius 2 is 1.89 bits per heavy atom. The average molecular weight is 359 g/mol. The number of pyridine rings is 1. The number of aromatic nitrogens is 5. The van der Waals surface area contributed by atoms with Gasteiger partial charge in [-0.1, -0.05) is 35.0 Å². The van der Waals surface area contributed by atoms with E-state index >= 15 is 0 Å². The lowest BCUT2D eigenvalue weighted by Crippen LogP contribution is -2.21. The standard InChI is InChI=1S/C20H17N5O2/c1-13-2-4-14(5-3-13)18-11-25-16(12-26-18)10-17(23-25)20-22-19(24-27-20)15-6-8-21-9-7-15/h2-10,18H,11-12H2,1H3/t18-/m1/s1. The van der Waals surface area contributed by atoms with E-state index in [0.717, 1.165) is 16.8 Å². The van der Waals surface area contributed by atoms with E-state index in [1.807, 2.05) is 22.9 Å². The minimum absolute atomic E-state index is 0.0130. The zero-order valence-corrected chi connectivity index (χ0v) is 14.7. The zero-order chi connectivity index (χ0) is 18.2. The number of hydrogen-bond acceptors (Lipinski definition) is 6. The van der Waals surface area contributed by atoms with Gasteiger partial charge in [0.25, 0.3) is 5.89 Å². The molecule has 0 aliphatic carbocycles. The van der Waals surface area contributed by atoms with Crippen LogP contribution in [0.15, 0.2) is 59.4 Å². The summed E-state index contributed by atoms with van der Waals surface area (Å²) in [5.41, 5.74) is 4.90. The monoisotopic (exact) mass is 359 g/mol. The van der Waals surface area contributed by atoms with E-state index in [1.54, 1.807) is 12.4 Å². The first-order chi connectivity index (χ1) is 13.3. The third kappa shape index (κ3) is 3.02. The summed E-state index contributed by atoms with van der Waals surface area (Å²) in [6.45, 7) is 3.23. The van der Waals surface area contributed by atoms with E-state index in [-0.39, 0.29) is 6.10 Å². The van der Waals surface area contributed by atoms with Crippen molar-refractivity contribution in [2.24, 2.45) is 0 Å². The van der Waals surface area contributed by atoms with Crippen LogP contribution in [0.2, 0.25) is 0 Å². The van der Waals surface area contributed by atoms with Crippen LogP contribution in [0.3, 0.4) is 0 Å². The molecule has 7 heteroatoms. The van der Waals surface area contributed by atoms with Gasteiger partial charge in [0.15, 0.2) is 5.69 Å². The van der Waals surface area contributed by atoms with Gasteiger partial charge in [-0.05, 0) is 30.7 Å². The number of benzene rings is 1. The Morgan fingerprint density at radius 3 is 2.70 bits per heavy atom. The molecule has 1 aromatic carbocycles. The second-order valence-corrected chi connectivity index (χ2v) is 6.57. The quantitative estimate of drug-likeness (QED) is 0.556. The summed E-state index contributed by atoms with van der Waals surface area (Å²) >= 11 is 0. The van der Waals surface area contributed by atoms with E-state index in [9.17, 15) is 0 Å². The second-order valence-electron chi connectivity index (χ2n) is 6.57. The fourth-order valence-electron chi connectivity index (χ4n) is 3.16. The van der Waals surface area contributed by atoms with Crippen molar-refractivity contribution in [2.75, 3.05) is 0 Å². The molecule has 4 heterocycles. The third-order valence-corrected chi connectivity index (χ3v) is 4.67. The number of nitrogens with zero attached hydrogens (tertiary/aromatic N) is 5. The molecule has 0 radical (unpaired) electrons. The lowest BCUT2D eigenvalue weighted by molar-refractivity contribution is -0.00113. The van der Waals surface area contributed by atoms with Crippen LogP contribution in [0.4, 0.5) is 0 Å². The van der Waals surface area contributed by atoms with Crippen molar-refractivity contribution in [1.82, 2.24) is 24.9 Å². The summed E-state index contributed by atoms with van der Waals surface area (Å²) in [6.07, 6.45) is 3.38. The molecule has 5 rings (SSSR count). The highest BCUT2D eigenvalue weighted by Gasteiger charge is 2.24. The Hall–Kier alpha value is -3.32. The molecule has 0 saturated heterocycles. The molecule has 1 aliphatic heterocycles. The maximum atomic E-state index is 6.02. The molecule has 27 heavy (non-hydrogen) atoms. The van der Waals surface area contributed by atoms with Gasteiger partial charge in [-0.3, -0.25) is 9.67 Å². The first kappa shape index (κ1) is 15.9. The van der Waals surface area contributed by atoms with Gasteiger partial charge in [0.05, 0.1) is 18.8 Å². The van der Waals surface area contributed by atoms with Crippen LogP contribution in [0.5, 0.6) is 0 Å². The largest absolute Gasteiger partial charge is 0.365 e. The Morgan fingerprint density at radius 1 is 1.07 bits per heavy atom. The van der Waals surface area contributed by atoms with Gasteiger partial charge in [0, 0.05) is 18.0 Å². The lowest BCUT2D eigenvalue weighted by Gasteiger charge is -2.24. The summed E-state index contributed by atoms with van der Waals surface area (Å²) in [5, 5.41) is 8.69. The Bertz CT molecular complexity index is 1070. The maximum absolute atomic E-state index is 6.02. The van der Waals surface area contributed by atoms with Crippen molar-refractivity contribution in [1.29, 1.82) is 0 Å². The van der Waals surface area contributed by atoms with Crippen molar-refractivity contribution in [3.63, 3.8) is 0 Å². The van der Waals surface area contributed by atoms with Crippen molar-refractivity contribution in [3.05, 3.63) is 71.7 Å². The summed E-state index contributed by atoms with van der Waals surface area (Å²) < 4.78 is 13.4. The van der Waals surface area contributed by atoms with Gasteiger partial charge >= 0.3 is 0 Å². The number of fused-ring (bicyclic) bond motifs is 1. The maximum Gasteiger partial charge on any atom is 0.278 e. The van der Waals surface area contributed by atoms with Crippen LogP contribution in [-0.4, -0.2) is 24.9 Å². The zero-order valence-electron chi connectivity index (χ0n) is 14.7. The van der Waals surface area contributed by atoms with Crippen molar-refractivity contribution < 1.29 is 9.26 Å². The van der Waals surface area contributed by atoms with E-state index in [2.05, 4.69) is 51.4 Å². The van der Waals surface area contributed by atoms with E-state index in [4.69, 9.17) is 9.26 Å². The first-order valence-electron chi connectivity index (χ1n) is 8.75. The molecule has 4 aromatic rings. The Labute approximate surface area is 155 Å². The molecule has 1 atom stereocenters. The second kappa shape index (κ2) is 6.44. The van der Waals surface area contributed by atoms with Crippen LogP contribution in [0.1, 0.15) is 22.9 Å². The molecule has 0 bridgehead atoms. The highest BCUT2D eigenvalue weighted by Crippen LogP contribution is 2.29. The van der Waals surface area contributed by atoms with Crippen molar-refractivity contribution in [3.8, 4) is 23.0 Å². The van der Waals surface area contributed by atoms with Gasteiger partial charge < -0.3 is 9.26 Å². The molecular formula is C20H17N5O2. The van der Waals surface area contributed by atoms with Crippen LogP contribution in [0.25, 0.3) is 23.0 Å². The van der Waals surface area contributed by atoms with Gasteiger partial charge in [-0.15, -0.1) is 0 Å². The fourth-order valence-corrected chi connectivity index (χ4v) is 3.16. The third-order valence-electron chi connectivity index (χ3n) is 4.67. The highest BCUT2D eigenvalue weighted by atomic mass is 16.5. The molecule has 0 unspecified atom stereocenters. The normalized spacial score (nSPS) is 16.3. The predicted molar refractivity (Wildman–Crippen MR) is 97.5 cm³/mol. The lowest BCUT2D eigenvalue weighted by atomic mass is 10.1. The summed E-state index contributed by atoms with van der Waals surface area (Å²) in [4.78, 5) is 8.46. The average Bonchev–Trinajstić information content (AvgIpc) is 3.36. The minimum atomic E-state index is -0.0130. The van der Waals surface area contributed by atoms with E-state index in [1.165, 1.54) is 5.56 Å². The molecule has 0 amide bonds. The number of hydrogen-bond donors (Lipinski definition) is 0. The van der Waals surface area contributed by atoms with E-state index < -0.39 is 0 Å². The van der Waals surface area contributed by atoms with Crippen LogP contribution >= 0.6 is 0 Å². The predicted octanol–water partition coefficient (Wildman–Crippen LogP) is 3.58. The number of rotatable bonds is 3. The number of aryl methyl sites for hydroxylation is 1. The van der Waals surface area contributed by atoms with Gasteiger partial charge in [-0.2, -0.15) is 10.1 Å². The summed E-state index contributed by atoms with van der Waals surface area (Å²) in [7, 11) is 0. The van der Waals surface area contributed by atoms with Gasteiger partial charge in [0.2, 0.25) is 5.82 Å². The van der Waals surface area contributed by atoms with Gasteiger partial charge in [0.1, 0.15) is 6.10 Å². The van der Waals surface area contributed by atoms with Crippen molar-refractivity contribution in [2.45, 2.75) is 26.2 Å². The molecule has 0 fully saturated rings. The summed E-state index contributed by atoms with van der Waals surface area (Å²) in [6, 6.07) is 14.0. The Kier molecular flexibility index (Phi) is 3.79. The highest BCUT2D eigenvalue weighted by molar-refractivity contribution is 5.57. The van der Waals surface area contributed by atoms with E-state index in [0.29, 0.717) is 30.6 Å². The molecule has 1 aliphatic rings. The summed E-state index contributed by atoms with van der Waals surface area (Å²) in [5.74, 6) is 0.919. The molecule has 134 valence electrons. The molecular weight excluding hydrogens is 342 g/mol. The molecule has 3 aromatic heterocycles. The smallest absolute Gasteiger partial charge is 0.278 e. The molecule has 0 saturated carbocycles. The van der Waals surface area contributed by atoms with Crippen LogP contribution < -0.4 is 0 Å². The molecule has 7 nitrogen and oxygen atoms in total. The number of ether oxygens (including phenoxy) is 1. The topological polar surface area (TPSA) is 78.9 Å². The first-order valence-corrected chi connectivity index (χ1v) is 8.75. The van der Waals surface area contributed by atoms with Gasteiger partial charge in [-0.25, -0.2) is 0 Å². The van der Waals surface area contributed by atoms with Crippen LogP contribution in [-0.2, 0) is 17.9 Å². The minimum Gasteiger partial charge on any atom is -0.365 e. The molecule has 0 N–H and O–H groups in total. The van der Waals surface area contributed by atoms with Crippen LogP contribution in [0, 0.1) is 6.92 Å².